The number of aromatic nitrogens is 3. The molecule has 2 N–H and O–H groups in total. The fourth-order valence-corrected chi connectivity index (χ4v) is 4.02. The molecule has 1 atom stereocenters. The summed E-state index contributed by atoms with van der Waals surface area (Å²) in [5.74, 6) is 0.326. The summed E-state index contributed by atoms with van der Waals surface area (Å²) in [6, 6.07) is 16.5. The van der Waals surface area contributed by atoms with Crippen LogP contribution < -0.4 is 0 Å². The average molecular weight is 356 g/mol. The number of nitrogens with one attached hydrogen (secondary N) is 1. The second-order valence-corrected chi connectivity index (χ2v) is 7.29. The van der Waals surface area contributed by atoms with Crippen molar-refractivity contribution in [1.82, 2.24) is 15.2 Å². The lowest BCUT2D eigenvalue weighted by molar-refractivity contribution is 0.317. The molecule has 2 aromatic heterocycles. The van der Waals surface area contributed by atoms with E-state index in [9.17, 15) is 5.21 Å². The molecule has 2 heterocycles. The third-order valence-electron chi connectivity index (χ3n) is 5.60. The van der Waals surface area contributed by atoms with Crippen molar-refractivity contribution < 1.29 is 5.21 Å². The maximum Gasteiger partial charge on any atom is 0.117 e. The predicted octanol–water partition coefficient (Wildman–Crippen LogP) is 3.95. The van der Waals surface area contributed by atoms with E-state index in [-0.39, 0.29) is 5.41 Å². The van der Waals surface area contributed by atoms with Gasteiger partial charge in [-0.25, -0.2) is 0 Å². The first kappa shape index (κ1) is 16.0. The lowest BCUT2D eigenvalue weighted by atomic mass is 9.70. The van der Waals surface area contributed by atoms with Crippen LogP contribution in [0.4, 0.5) is 0 Å². The molecule has 1 unspecified atom stereocenters. The van der Waals surface area contributed by atoms with E-state index in [1.54, 1.807) is 0 Å². The zero-order chi connectivity index (χ0) is 18.3. The number of H-pyrrole nitrogens is 1. The summed E-state index contributed by atoms with van der Waals surface area (Å²) in [5.41, 5.74) is 5.39. The second-order valence-electron chi connectivity index (χ2n) is 7.29. The number of fused-ring (bicyclic) bond motifs is 1. The van der Waals surface area contributed by atoms with Crippen LogP contribution in [0.3, 0.4) is 0 Å². The number of aromatic amines is 1. The molecule has 1 saturated carbocycles. The van der Waals surface area contributed by atoms with Crippen molar-refractivity contribution in [2.24, 2.45) is 11.1 Å². The highest BCUT2D eigenvalue weighted by atomic mass is 16.4. The Morgan fingerprint density at radius 2 is 1.93 bits per heavy atom. The molecular weight excluding hydrogens is 336 g/mol. The van der Waals surface area contributed by atoms with Crippen LogP contribution in [0.2, 0.25) is 0 Å². The Morgan fingerprint density at radius 1 is 1.11 bits per heavy atom. The van der Waals surface area contributed by atoms with E-state index in [1.807, 2.05) is 24.4 Å². The number of oxime groups is 1. The van der Waals surface area contributed by atoms with Gasteiger partial charge in [-0.3, -0.25) is 10.1 Å². The van der Waals surface area contributed by atoms with Gasteiger partial charge in [0.15, 0.2) is 0 Å². The number of nitrogens with zero attached hydrogens (tertiary/aromatic N) is 3. The van der Waals surface area contributed by atoms with E-state index >= 15 is 0 Å². The fraction of sp³-hybridized carbons (Fsp3) is 0.227. The van der Waals surface area contributed by atoms with Crippen LogP contribution in [0, 0.1) is 5.92 Å². The number of hydrogen-bond donors (Lipinski definition) is 2. The number of allylic oxidation sites excluding steroid dienone is 1. The highest BCUT2D eigenvalue weighted by Gasteiger charge is 2.39. The molecule has 1 aromatic carbocycles. The van der Waals surface area contributed by atoms with Gasteiger partial charge in [0.2, 0.25) is 0 Å². The smallest absolute Gasteiger partial charge is 0.117 e. The fourth-order valence-electron chi connectivity index (χ4n) is 4.02. The molecule has 2 aliphatic carbocycles. The van der Waals surface area contributed by atoms with Crippen LogP contribution in [0.15, 0.2) is 66.0 Å². The molecular formula is C22H20N4O. The van der Waals surface area contributed by atoms with Crippen molar-refractivity contribution >= 4 is 11.8 Å². The molecule has 2 aliphatic rings. The van der Waals surface area contributed by atoms with Crippen molar-refractivity contribution in [3.63, 3.8) is 0 Å². The highest BCUT2D eigenvalue weighted by Crippen LogP contribution is 2.42. The topological polar surface area (TPSA) is 74.2 Å². The normalized spacial score (nSPS) is 21.9. The van der Waals surface area contributed by atoms with Crippen LogP contribution in [-0.4, -0.2) is 26.1 Å². The molecule has 0 bridgehead atoms. The Labute approximate surface area is 157 Å². The first-order valence-electron chi connectivity index (χ1n) is 9.27. The Balaban J connectivity index is 1.63. The van der Waals surface area contributed by atoms with Crippen LogP contribution in [0.5, 0.6) is 0 Å². The molecule has 0 aliphatic heterocycles. The van der Waals surface area contributed by atoms with Gasteiger partial charge >= 0.3 is 0 Å². The zero-order valence-electron chi connectivity index (χ0n) is 14.8. The van der Waals surface area contributed by atoms with Crippen molar-refractivity contribution in [3.8, 4) is 0 Å². The van der Waals surface area contributed by atoms with E-state index in [4.69, 9.17) is 0 Å². The van der Waals surface area contributed by atoms with E-state index < -0.39 is 0 Å². The lowest BCUT2D eigenvalue weighted by Crippen LogP contribution is -2.31. The Morgan fingerprint density at radius 3 is 2.63 bits per heavy atom. The minimum Gasteiger partial charge on any atom is -0.411 e. The van der Waals surface area contributed by atoms with Crippen LogP contribution in [0.1, 0.15) is 41.1 Å². The van der Waals surface area contributed by atoms with Gasteiger partial charge in [0, 0.05) is 29.8 Å². The first-order chi connectivity index (χ1) is 13.3. The second kappa shape index (κ2) is 6.20. The lowest BCUT2D eigenvalue weighted by Gasteiger charge is -2.33. The third-order valence-corrected chi connectivity index (χ3v) is 5.60. The van der Waals surface area contributed by atoms with Gasteiger partial charge in [-0.15, -0.1) is 0 Å². The van der Waals surface area contributed by atoms with Gasteiger partial charge in [0.25, 0.3) is 0 Å². The summed E-state index contributed by atoms with van der Waals surface area (Å²) in [5, 5.41) is 20.7. The number of benzene rings is 1. The summed E-state index contributed by atoms with van der Waals surface area (Å²) in [4.78, 5) is 4.67. The molecule has 5 nitrogen and oxygen atoms in total. The van der Waals surface area contributed by atoms with Gasteiger partial charge in [0.05, 0.1) is 11.1 Å². The number of rotatable bonds is 4. The van der Waals surface area contributed by atoms with E-state index in [0.717, 1.165) is 41.9 Å². The summed E-state index contributed by atoms with van der Waals surface area (Å²) in [7, 11) is 0. The monoisotopic (exact) mass is 356 g/mol. The quantitative estimate of drug-likeness (QED) is 0.422. The molecule has 0 radical (unpaired) electrons. The number of pyridine rings is 1. The summed E-state index contributed by atoms with van der Waals surface area (Å²) < 4.78 is 0. The molecule has 134 valence electrons. The third kappa shape index (κ3) is 2.58. The summed E-state index contributed by atoms with van der Waals surface area (Å²) in [6.45, 7) is 0. The molecule has 1 fully saturated rings. The Hall–Kier alpha value is -3.21. The SMILES string of the molecule is ON=C(c1n[nH]c2c1C=CC(c1ccccc1)(c1ccccn1)C2)C1CC1. The van der Waals surface area contributed by atoms with Gasteiger partial charge < -0.3 is 5.21 Å². The van der Waals surface area contributed by atoms with Crippen molar-refractivity contribution in [2.75, 3.05) is 0 Å². The van der Waals surface area contributed by atoms with E-state index in [2.05, 4.69) is 62.8 Å². The molecule has 0 spiro atoms. The van der Waals surface area contributed by atoms with Crippen LogP contribution in [0.25, 0.3) is 6.08 Å². The molecule has 5 heteroatoms. The maximum atomic E-state index is 9.47. The van der Waals surface area contributed by atoms with Gasteiger partial charge in [0.1, 0.15) is 11.4 Å². The molecule has 3 aromatic rings. The standard InChI is InChI=1S/C22H20N4O/c27-26-20(15-9-10-15)21-17-11-12-22(14-18(17)24-25-21,16-6-2-1-3-7-16)19-8-4-5-13-23-19/h1-8,11-13,15,27H,9-10,14H2,(H,24,25). The molecule has 0 saturated heterocycles. The highest BCUT2D eigenvalue weighted by molar-refractivity contribution is 6.04. The molecule has 5 rings (SSSR count). The predicted molar refractivity (Wildman–Crippen MR) is 104 cm³/mol. The molecule has 0 amide bonds. The summed E-state index contributed by atoms with van der Waals surface area (Å²) >= 11 is 0. The van der Waals surface area contributed by atoms with Crippen molar-refractivity contribution in [3.05, 3.63) is 89.0 Å². The number of hydrogen-bond acceptors (Lipinski definition) is 4. The Bertz CT molecular complexity index is 977. The van der Waals surface area contributed by atoms with Gasteiger partial charge in [-0.2, -0.15) is 5.10 Å². The van der Waals surface area contributed by atoms with E-state index in [0.29, 0.717) is 11.6 Å². The Kier molecular flexibility index (Phi) is 3.67. The first-order valence-corrected chi connectivity index (χ1v) is 9.27. The minimum atomic E-state index is -0.352. The maximum absolute atomic E-state index is 9.47. The molecule has 27 heavy (non-hydrogen) atoms. The van der Waals surface area contributed by atoms with Crippen molar-refractivity contribution in [1.29, 1.82) is 0 Å². The van der Waals surface area contributed by atoms with Crippen LogP contribution >= 0.6 is 0 Å². The van der Waals surface area contributed by atoms with Gasteiger partial charge in [-0.1, -0.05) is 53.7 Å². The van der Waals surface area contributed by atoms with E-state index in [1.165, 1.54) is 5.56 Å². The van der Waals surface area contributed by atoms with Crippen LogP contribution in [-0.2, 0) is 11.8 Å². The van der Waals surface area contributed by atoms with Crippen molar-refractivity contribution in [2.45, 2.75) is 24.7 Å². The van der Waals surface area contributed by atoms with Gasteiger partial charge in [-0.05, 0) is 30.5 Å². The minimum absolute atomic E-state index is 0.326. The summed E-state index contributed by atoms with van der Waals surface area (Å²) in [6.07, 6.45) is 9.02. The largest absolute Gasteiger partial charge is 0.411 e. The average Bonchev–Trinajstić information content (AvgIpc) is 3.49. The zero-order valence-corrected chi connectivity index (χ0v) is 14.8.